The van der Waals surface area contributed by atoms with Gasteiger partial charge in [0, 0.05) is 23.2 Å². The Labute approximate surface area is 127 Å². The first-order valence-corrected chi connectivity index (χ1v) is 7.34. The average Bonchev–Trinajstić information content (AvgIpc) is 2.42. The molecule has 6 heteroatoms. The Morgan fingerprint density at radius 3 is 2.50 bits per heavy atom. The van der Waals surface area contributed by atoms with Crippen molar-refractivity contribution in [2.45, 2.75) is 26.8 Å². The van der Waals surface area contributed by atoms with E-state index in [0.29, 0.717) is 28.8 Å². The summed E-state index contributed by atoms with van der Waals surface area (Å²) in [6, 6.07) is 4.41. The maximum Gasteiger partial charge on any atom is 0.253 e. The highest BCUT2D eigenvalue weighted by molar-refractivity contribution is 9.10. The molecule has 1 aromatic rings. The maximum atomic E-state index is 12.2. The molecular formula is C14H20BrN3O2. The van der Waals surface area contributed by atoms with E-state index in [0.717, 1.165) is 0 Å². The van der Waals surface area contributed by atoms with Crippen molar-refractivity contribution in [3.8, 4) is 0 Å². The van der Waals surface area contributed by atoms with Gasteiger partial charge in [0.1, 0.15) is 6.04 Å². The fourth-order valence-electron chi connectivity index (χ4n) is 1.86. The number of carbonyl (C=O) groups is 2. The van der Waals surface area contributed by atoms with Crippen LogP contribution in [0.2, 0.25) is 0 Å². The lowest BCUT2D eigenvalue weighted by atomic mass is 10.1. The number of carbonyl (C=O) groups excluding carboxylic acids is 2. The zero-order chi connectivity index (χ0) is 15.3. The molecule has 0 aliphatic carbocycles. The fraction of sp³-hybridized carbons (Fsp3) is 0.429. The number of likely N-dealkylation sites (N-methyl/N-ethyl adjacent to an activating group) is 1. The Morgan fingerprint density at radius 2 is 1.95 bits per heavy atom. The monoisotopic (exact) mass is 341 g/mol. The first kappa shape index (κ1) is 16.5. The molecule has 1 rings (SSSR count). The summed E-state index contributed by atoms with van der Waals surface area (Å²) in [4.78, 5) is 25.9. The summed E-state index contributed by atoms with van der Waals surface area (Å²) in [5.74, 6) is -0.416. The molecule has 0 aliphatic heterocycles. The molecule has 20 heavy (non-hydrogen) atoms. The molecule has 1 aromatic carbocycles. The highest BCUT2D eigenvalue weighted by Gasteiger charge is 2.21. The van der Waals surface area contributed by atoms with E-state index in [1.165, 1.54) is 0 Å². The van der Waals surface area contributed by atoms with Crippen molar-refractivity contribution < 1.29 is 9.59 Å². The Morgan fingerprint density at radius 1 is 1.35 bits per heavy atom. The summed E-state index contributed by atoms with van der Waals surface area (Å²) in [6.45, 7) is 6.74. The number of rotatable bonds is 5. The van der Waals surface area contributed by atoms with Crippen LogP contribution in [-0.4, -0.2) is 35.8 Å². The lowest BCUT2D eigenvalue weighted by molar-refractivity contribution is -0.132. The topological polar surface area (TPSA) is 75.4 Å². The van der Waals surface area contributed by atoms with Crippen molar-refractivity contribution in [2.24, 2.45) is 0 Å². The van der Waals surface area contributed by atoms with E-state index in [2.05, 4.69) is 21.2 Å². The predicted molar refractivity (Wildman–Crippen MR) is 83.4 cm³/mol. The molecule has 0 radical (unpaired) electrons. The first-order chi connectivity index (χ1) is 9.40. The molecule has 0 heterocycles. The van der Waals surface area contributed by atoms with Crippen LogP contribution in [0.5, 0.6) is 0 Å². The molecule has 5 nitrogen and oxygen atoms in total. The third-order valence-corrected chi connectivity index (χ3v) is 3.72. The van der Waals surface area contributed by atoms with Crippen LogP contribution in [0.25, 0.3) is 0 Å². The van der Waals surface area contributed by atoms with Gasteiger partial charge in [-0.25, -0.2) is 0 Å². The van der Waals surface area contributed by atoms with Crippen molar-refractivity contribution in [3.63, 3.8) is 0 Å². The van der Waals surface area contributed by atoms with Gasteiger partial charge < -0.3 is 16.0 Å². The Balaban J connectivity index is 2.80. The summed E-state index contributed by atoms with van der Waals surface area (Å²) in [5, 5.41) is 2.70. The first-order valence-electron chi connectivity index (χ1n) is 6.55. The van der Waals surface area contributed by atoms with E-state index in [1.807, 2.05) is 13.8 Å². The van der Waals surface area contributed by atoms with Crippen LogP contribution in [0.15, 0.2) is 22.7 Å². The number of hydrogen-bond acceptors (Lipinski definition) is 3. The molecule has 0 saturated carbocycles. The van der Waals surface area contributed by atoms with Crippen molar-refractivity contribution in [2.75, 3.05) is 18.8 Å². The summed E-state index contributed by atoms with van der Waals surface area (Å²) in [5.41, 5.74) is 6.59. The number of anilines is 1. The second-order valence-corrected chi connectivity index (χ2v) is 5.30. The number of halogens is 1. The molecule has 0 saturated heterocycles. The van der Waals surface area contributed by atoms with Crippen LogP contribution < -0.4 is 11.1 Å². The van der Waals surface area contributed by atoms with Crippen LogP contribution in [0.3, 0.4) is 0 Å². The standard InChI is InChI=1S/C14H20BrN3O2/c1-4-18(5-2)14(20)9(3)17-13(19)11-8-10(16)6-7-12(11)15/h6-9H,4-5,16H2,1-3H3,(H,17,19). The number of nitrogens with two attached hydrogens (primary N) is 1. The molecule has 1 unspecified atom stereocenters. The Hall–Kier alpha value is -1.56. The number of nitrogens with zero attached hydrogens (tertiary/aromatic N) is 1. The minimum atomic E-state index is -0.573. The van der Waals surface area contributed by atoms with Crippen LogP contribution in [0.4, 0.5) is 5.69 Å². The van der Waals surface area contributed by atoms with E-state index in [4.69, 9.17) is 5.73 Å². The molecule has 2 amide bonds. The summed E-state index contributed by atoms with van der Waals surface area (Å²) >= 11 is 3.30. The predicted octanol–water partition coefficient (Wildman–Crippen LogP) is 2.02. The molecule has 0 fully saturated rings. The number of nitrogens with one attached hydrogen (secondary N) is 1. The van der Waals surface area contributed by atoms with Gasteiger partial charge in [-0.2, -0.15) is 0 Å². The van der Waals surface area contributed by atoms with Gasteiger partial charge in [0.05, 0.1) is 5.56 Å². The zero-order valence-electron chi connectivity index (χ0n) is 11.9. The second kappa shape index (κ2) is 7.28. The van der Waals surface area contributed by atoms with Gasteiger partial charge in [-0.1, -0.05) is 0 Å². The highest BCUT2D eigenvalue weighted by atomic mass is 79.9. The lowest BCUT2D eigenvalue weighted by Crippen LogP contribution is -2.46. The second-order valence-electron chi connectivity index (χ2n) is 4.44. The van der Waals surface area contributed by atoms with Gasteiger partial charge in [-0.05, 0) is 54.9 Å². The highest BCUT2D eigenvalue weighted by Crippen LogP contribution is 2.19. The quantitative estimate of drug-likeness (QED) is 0.804. The fourth-order valence-corrected chi connectivity index (χ4v) is 2.29. The van der Waals surface area contributed by atoms with Crippen LogP contribution in [-0.2, 0) is 4.79 Å². The van der Waals surface area contributed by atoms with Crippen molar-refractivity contribution >= 4 is 33.4 Å². The minimum Gasteiger partial charge on any atom is -0.399 e. The van der Waals surface area contributed by atoms with Gasteiger partial charge in [0.2, 0.25) is 5.91 Å². The summed E-state index contributed by atoms with van der Waals surface area (Å²) < 4.78 is 0.645. The van der Waals surface area contributed by atoms with Crippen LogP contribution in [0.1, 0.15) is 31.1 Å². The molecule has 0 bridgehead atoms. The number of benzene rings is 1. The minimum absolute atomic E-state index is 0.0941. The van der Waals surface area contributed by atoms with Crippen molar-refractivity contribution in [1.82, 2.24) is 10.2 Å². The third kappa shape index (κ3) is 3.96. The average molecular weight is 342 g/mol. The van der Waals surface area contributed by atoms with E-state index in [9.17, 15) is 9.59 Å². The van der Waals surface area contributed by atoms with Gasteiger partial charge >= 0.3 is 0 Å². The third-order valence-electron chi connectivity index (χ3n) is 3.03. The largest absolute Gasteiger partial charge is 0.399 e. The molecular weight excluding hydrogens is 322 g/mol. The smallest absolute Gasteiger partial charge is 0.253 e. The molecule has 110 valence electrons. The van der Waals surface area contributed by atoms with Crippen molar-refractivity contribution in [1.29, 1.82) is 0 Å². The van der Waals surface area contributed by atoms with Gasteiger partial charge in [0.25, 0.3) is 5.91 Å². The lowest BCUT2D eigenvalue weighted by Gasteiger charge is -2.23. The van der Waals surface area contributed by atoms with Crippen molar-refractivity contribution in [3.05, 3.63) is 28.2 Å². The molecule has 1 atom stereocenters. The number of nitrogen functional groups attached to an aromatic ring is 1. The SMILES string of the molecule is CCN(CC)C(=O)C(C)NC(=O)c1cc(N)ccc1Br. The van der Waals surface area contributed by atoms with Crippen LogP contribution in [0, 0.1) is 0 Å². The molecule has 3 N–H and O–H groups in total. The van der Waals surface area contributed by atoms with Gasteiger partial charge in [-0.3, -0.25) is 9.59 Å². The maximum absolute atomic E-state index is 12.2. The van der Waals surface area contributed by atoms with Crippen LogP contribution >= 0.6 is 15.9 Å². The van der Waals surface area contributed by atoms with E-state index in [1.54, 1.807) is 30.0 Å². The Bertz CT molecular complexity index is 501. The molecule has 0 aromatic heterocycles. The van der Waals surface area contributed by atoms with E-state index in [-0.39, 0.29) is 11.8 Å². The van der Waals surface area contributed by atoms with Gasteiger partial charge in [0.15, 0.2) is 0 Å². The zero-order valence-corrected chi connectivity index (χ0v) is 13.5. The molecule has 0 aliphatic rings. The van der Waals surface area contributed by atoms with E-state index < -0.39 is 6.04 Å². The Kier molecular flexibility index (Phi) is 6.01. The van der Waals surface area contributed by atoms with E-state index >= 15 is 0 Å². The summed E-state index contributed by atoms with van der Waals surface area (Å²) in [7, 11) is 0. The number of hydrogen-bond donors (Lipinski definition) is 2. The molecule has 0 spiro atoms. The normalized spacial score (nSPS) is 11.8. The van der Waals surface area contributed by atoms with Gasteiger partial charge in [-0.15, -0.1) is 0 Å². The number of amides is 2. The summed E-state index contributed by atoms with van der Waals surface area (Å²) in [6.07, 6.45) is 0.